The van der Waals surface area contributed by atoms with Gasteiger partial charge in [0.25, 0.3) is 5.78 Å². The lowest BCUT2D eigenvalue weighted by Gasteiger charge is -2.41. The molecule has 0 spiro atoms. The minimum absolute atomic E-state index is 0.0648. The Balaban J connectivity index is 2.28. The zero-order valence-corrected chi connectivity index (χ0v) is 15.5. The number of nitrogens with two attached hydrogens (primary N) is 1. The predicted molar refractivity (Wildman–Crippen MR) is 96.6 cm³/mol. The van der Waals surface area contributed by atoms with Gasteiger partial charge in [0.2, 0.25) is 11.7 Å². The molecular weight excluding hydrogens is 375 g/mol. The molecule has 0 fully saturated rings. The smallest absolute Gasteiger partial charge is 0.396 e. The Kier molecular flexibility index (Phi) is 6.16. The number of Topliss-reactive ketones (excluding diaryl/α,β-unsaturated/α-hetero) is 2. The Morgan fingerprint density at radius 2 is 1.96 bits per heavy atom. The van der Waals surface area contributed by atoms with Gasteiger partial charge in [-0.15, -0.1) is 0 Å². The number of alkyl halides is 3. The van der Waals surface area contributed by atoms with E-state index >= 15 is 0 Å². The summed E-state index contributed by atoms with van der Waals surface area (Å²) in [6, 6.07) is -1.74. The number of nitrogens with one attached hydrogen (secondary N) is 1. The van der Waals surface area contributed by atoms with E-state index in [0.717, 1.165) is 0 Å². The predicted octanol–water partition coefficient (Wildman–Crippen LogP) is 1.75. The summed E-state index contributed by atoms with van der Waals surface area (Å²) >= 11 is 0. The second-order valence-electron chi connectivity index (χ2n) is 6.98. The van der Waals surface area contributed by atoms with Crippen LogP contribution >= 0.6 is 0 Å². The average molecular weight is 397 g/mol. The van der Waals surface area contributed by atoms with Gasteiger partial charge in [0.1, 0.15) is 5.54 Å². The third kappa shape index (κ3) is 4.35. The molecule has 0 aromatic heterocycles. The highest BCUT2D eigenvalue weighted by atomic mass is 19.4. The van der Waals surface area contributed by atoms with Crippen molar-refractivity contribution in [3.63, 3.8) is 0 Å². The quantitative estimate of drug-likeness (QED) is 0.713. The SMILES string of the molecule is CC(C)C(NC(=O)CC1(N2C=CC=CC2)C=CC=C(N)C1=O)C(=O)C(F)(F)F. The Morgan fingerprint density at radius 1 is 1.29 bits per heavy atom. The number of hydrogen-bond donors (Lipinski definition) is 2. The lowest BCUT2D eigenvalue weighted by molar-refractivity contribution is -0.175. The van der Waals surface area contributed by atoms with E-state index in [2.05, 4.69) is 5.32 Å². The molecule has 0 bridgehead atoms. The third-order valence-electron chi connectivity index (χ3n) is 4.61. The summed E-state index contributed by atoms with van der Waals surface area (Å²) in [5.74, 6) is -4.20. The maximum absolute atomic E-state index is 12.8. The highest BCUT2D eigenvalue weighted by Gasteiger charge is 2.47. The third-order valence-corrected chi connectivity index (χ3v) is 4.61. The standard InChI is InChI=1S/C19H22F3N3O3/c1-12(2)15(17(28)19(20,21)22)24-14(26)11-18(25-9-4-3-5-10-25)8-6-7-13(23)16(18)27/h3-9,12,15H,10-11,23H2,1-2H3,(H,24,26). The Morgan fingerprint density at radius 3 is 2.50 bits per heavy atom. The lowest BCUT2D eigenvalue weighted by atomic mass is 9.82. The molecule has 28 heavy (non-hydrogen) atoms. The van der Waals surface area contributed by atoms with E-state index in [1.54, 1.807) is 29.3 Å². The van der Waals surface area contributed by atoms with E-state index in [9.17, 15) is 27.6 Å². The van der Waals surface area contributed by atoms with Gasteiger partial charge in [-0.2, -0.15) is 13.2 Å². The van der Waals surface area contributed by atoms with Crippen LogP contribution in [0.4, 0.5) is 13.2 Å². The van der Waals surface area contributed by atoms with Gasteiger partial charge in [0, 0.05) is 12.7 Å². The number of halogens is 3. The number of nitrogens with zero attached hydrogens (tertiary/aromatic N) is 1. The molecule has 1 heterocycles. The number of amides is 1. The first kappa shape index (κ1) is 21.5. The topological polar surface area (TPSA) is 92.5 Å². The number of hydrogen-bond acceptors (Lipinski definition) is 5. The van der Waals surface area contributed by atoms with E-state index < -0.39 is 47.6 Å². The van der Waals surface area contributed by atoms with Crippen LogP contribution in [0.15, 0.2) is 48.4 Å². The molecular formula is C19H22F3N3O3. The average Bonchev–Trinajstić information content (AvgIpc) is 2.62. The molecule has 1 aliphatic carbocycles. The highest BCUT2D eigenvalue weighted by molar-refractivity contribution is 6.07. The zero-order chi connectivity index (χ0) is 21.1. The molecule has 3 N–H and O–H groups in total. The highest BCUT2D eigenvalue weighted by Crippen LogP contribution is 2.30. The van der Waals surface area contributed by atoms with Crippen molar-refractivity contribution in [1.29, 1.82) is 0 Å². The molecule has 1 aliphatic heterocycles. The molecule has 0 aromatic carbocycles. The van der Waals surface area contributed by atoms with Gasteiger partial charge in [-0.1, -0.05) is 38.2 Å². The van der Waals surface area contributed by atoms with Crippen LogP contribution in [-0.4, -0.2) is 46.7 Å². The van der Waals surface area contributed by atoms with Crippen molar-refractivity contribution in [1.82, 2.24) is 10.2 Å². The minimum atomic E-state index is -5.08. The number of rotatable bonds is 6. The van der Waals surface area contributed by atoms with Gasteiger partial charge in [0.15, 0.2) is 0 Å². The van der Waals surface area contributed by atoms with Gasteiger partial charge < -0.3 is 16.0 Å². The van der Waals surface area contributed by atoms with Crippen molar-refractivity contribution in [3.8, 4) is 0 Å². The normalized spacial score (nSPS) is 23.0. The Hall–Kier alpha value is -2.84. The fourth-order valence-electron chi connectivity index (χ4n) is 3.12. The van der Waals surface area contributed by atoms with E-state index in [0.29, 0.717) is 6.54 Å². The molecule has 1 amide bonds. The van der Waals surface area contributed by atoms with E-state index in [1.807, 2.05) is 0 Å². The number of carbonyl (C=O) groups excluding carboxylic acids is 3. The maximum Gasteiger partial charge on any atom is 0.452 e. The number of allylic oxidation sites excluding steroid dienone is 4. The van der Waals surface area contributed by atoms with Gasteiger partial charge in [0.05, 0.1) is 18.2 Å². The van der Waals surface area contributed by atoms with Crippen LogP contribution in [0.2, 0.25) is 0 Å². The van der Waals surface area contributed by atoms with Crippen LogP contribution in [0.5, 0.6) is 0 Å². The second kappa shape index (κ2) is 8.04. The van der Waals surface area contributed by atoms with Crippen molar-refractivity contribution in [2.24, 2.45) is 11.7 Å². The molecule has 0 saturated heterocycles. The Labute approximate surface area is 160 Å². The first-order chi connectivity index (χ1) is 13.0. The van der Waals surface area contributed by atoms with Crippen molar-refractivity contribution >= 4 is 17.5 Å². The molecule has 152 valence electrons. The first-order valence-corrected chi connectivity index (χ1v) is 8.69. The van der Waals surface area contributed by atoms with Gasteiger partial charge in [-0.25, -0.2) is 0 Å². The van der Waals surface area contributed by atoms with Crippen molar-refractivity contribution in [2.45, 2.75) is 38.0 Å². The van der Waals surface area contributed by atoms with Crippen molar-refractivity contribution in [3.05, 3.63) is 48.4 Å². The van der Waals surface area contributed by atoms with E-state index in [4.69, 9.17) is 5.73 Å². The fraction of sp³-hybridized carbons (Fsp3) is 0.421. The maximum atomic E-state index is 12.8. The van der Waals surface area contributed by atoms with Crippen LogP contribution in [0, 0.1) is 5.92 Å². The fourth-order valence-corrected chi connectivity index (χ4v) is 3.12. The summed E-state index contributed by atoms with van der Waals surface area (Å²) in [5, 5.41) is 2.15. The summed E-state index contributed by atoms with van der Waals surface area (Å²) in [4.78, 5) is 38.7. The summed E-state index contributed by atoms with van der Waals surface area (Å²) < 4.78 is 38.5. The molecule has 0 saturated carbocycles. The van der Waals surface area contributed by atoms with Crippen molar-refractivity contribution < 1.29 is 27.6 Å². The van der Waals surface area contributed by atoms with Gasteiger partial charge in [-0.05, 0) is 18.1 Å². The van der Waals surface area contributed by atoms with Crippen molar-refractivity contribution in [2.75, 3.05) is 6.54 Å². The van der Waals surface area contributed by atoms with Crippen LogP contribution in [0.1, 0.15) is 20.3 Å². The summed E-state index contributed by atoms with van der Waals surface area (Å²) in [6.07, 6.45) is 5.65. The largest absolute Gasteiger partial charge is 0.452 e. The Bertz CT molecular complexity index is 781. The van der Waals surface area contributed by atoms with Crippen LogP contribution in [0.25, 0.3) is 0 Å². The monoisotopic (exact) mass is 397 g/mol. The van der Waals surface area contributed by atoms with Gasteiger partial charge >= 0.3 is 6.18 Å². The molecule has 0 aromatic rings. The number of ketones is 2. The first-order valence-electron chi connectivity index (χ1n) is 8.69. The summed E-state index contributed by atoms with van der Waals surface area (Å²) in [5.41, 5.74) is 4.20. The molecule has 2 unspecified atom stereocenters. The van der Waals surface area contributed by atoms with Gasteiger partial charge in [-0.3, -0.25) is 14.4 Å². The molecule has 9 heteroatoms. The number of carbonyl (C=O) groups is 3. The summed E-state index contributed by atoms with van der Waals surface area (Å²) in [7, 11) is 0. The van der Waals surface area contributed by atoms with Crippen LogP contribution < -0.4 is 11.1 Å². The van der Waals surface area contributed by atoms with Crippen LogP contribution in [-0.2, 0) is 14.4 Å². The molecule has 2 rings (SSSR count). The molecule has 0 radical (unpaired) electrons. The van der Waals surface area contributed by atoms with Crippen LogP contribution in [0.3, 0.4) is 0 Å². The molecule has 6 nitrogen and oxygen atoms in total. The van der Waals surface area contributed by atoms with E-state index in [-0.39, 0.29) is 5.70 Å². The zero-order valence-electron chi connectivity index (χ0n) is 15.5. The van der Waals surface area contributed by atoms with E-state index in [1.165, 1.54) is 32.1 Å². The minimum Gasteiger partial charge on any atom is -0.396 e. The summed E-state index contributed by atoms with van der Waals surface area (Å²) in [6.45, 7) is 3.10. The molecule has 2 atom stereocenters. The molecule has 2 aliphatic rings. The lowest BCUT2D eigenvalue weighted by Crippen LogP contribution is -2.58. The second-order valence-corrected chi connectivity index (χ2v) is 6.98.